The van der Waals surface area contributed by atoms with Gasteiger partial charge in [0.2, 0.25) is 0 Å². The maximum atomic E-state index is 13.3. The van der Waals surface area contributed by atoms with Crippen LogP contribution in [0.3, 0.4) is 0 Å². The van der Waals surface area contributed by atoms with Crippen molar-refractivity contribution in [2.24, 2.45) is 0 Å². The van der Waals surface area contributed by atoms with Gasteiger partial charge in [-0.3, -0.25) is 9.78 Å². The van der Waals surface area contributed by atoms with Crippen LogP contribution in [0.1, 0.15) is 47.3 Å². The van der Waals surface area contributed by atoms with Crippen LogP contribution in [0.25, 0.3) is 0 Å². The van der Waals surface area contributed by atoms with Crippen molar-refractivity contribution >= 4 is 11.6 Å². The van der Waals surface area contributed by atoms with Crippen molar-refractivity contribution in [2.75, 3.05) is 31.5 Å². The van der Waals surface area contributed by atoms with Gasteiger partial charge in [0.05, 0.1) is 12.2 Å². The summed E-state index contributed by atoms with van der Waals surface area (Å²) < 4.78 is 0. The zero-order valence-electron chi connectivity index (χ0n) is 16.7. The molecule has 0 saturated carbocycles. The van der Waals surface area contributed by atoms with Crippen LogP contribution in [0.15, 0.2) is 42.6 Å². The van der Waals surface area contributed by atoms with Crippen molar-refractivity contribution in [1.29, 1.82) is 0 Å². The number of benzene rings is 1. The van der Waals surface area contributed by atoms with Crippen LogP contribution in [-0.2, 0) is 6.54 Å². The molecule has 28 heavy (non-hydrogen) atoms. The third kappa shape index (κ3) is 4.20. The Balaban J connectivity index is 1.46. The largest absolute Gasteiger partial charge is 0.379 e. The minimum atomic E-state index is 0.181. The lowest BCUT2D eigenvalue weighted by Crippen LogP contribution is -2.42. The molecule has 148 valence electrons. The first-order chi connectivity index (χ1) is 13.7. The van der Waals surface area contributed by atoms with E-state index in [4.69, 9.17) is 0 Å². The lowest BCUT2D eigenvalue weighted by Gasteiger charge is -2.29. The summed E-state index contributed by atoms with van der Waals surface area (Å²) >= 11 is 0. The Labute approximate surface area is 167 Å². The fourth-order valence-corrected chi connectivity index (χ4v) is 4.46. The highest BCUT2D eigenvalue weighted by Gasteiger charge is 2.32. The third-order valence-corrected chi connectivity index (χ3v) is 6.06. The molecule has 1 aromatic carbocycles. The van der Waals surface area contributed by atoms with E-state index in [1.54, 1.807) is 6.20 Å². The lowest BCUT2D eigenvalue weighted by atomic mass is 10.0. The number of pyridine rings is 1. The summed E-state index contributed by atoms with van der Waals surface area (Å²) in [5.41, 5.74) is 3.84. The van der Waals surface area contributed by atoms with Crippen LogP contribution in [0.4, 0.5) is 5.69 Å². The molecule has 2 aromatic rings. The van der Waals surface area contributed by atoms with Gasteiger partial charge >= 0.3 is 0 Å². The Morgan fingerprint density at radius 1 is 1.11 bits per heavy atom. The Hall–Kier alpha value is -2.40. The van der Waals surface area contributed by atoms with Gasteiger partial charge < -0.3 is 15.1 Å². The maximum absolute atomic E-state index is 13.3. The molecule has 2 aliphatic heterocycles. The number of carbonyl (C=O) groups excluding carboxylic acids is 1. The average Bonchev–Trinajstić information content (AvgIpc) is 3.40. The maximum Gasteiger partial charge on any atom is 0.254 e. The summed E-state index contributed by atoms with van der Waals surface area (Å²) in [5.74, 6) is 0.181. The molecule has 0 radical (unpaired) electrons. The van der Waals surface area contributed by atoms with Gasteiger partial charge in [-0.15, -0.1) is 0 Å². The molecule has 0 bridgehead atoms. The lowest BCUT2D eigenvalue weighted by molar-refractivity contribution is 0.0708. The minimum Gasteiger partial charge on any atom is -0.379 e. The highest BCUT2D eigenvalue weighted by Crippen LogP contribution is 2.26. The number of likely N-dealkylation sites (tertiary alicyclic amines) is 2. The van der Waals surface area contributed by atoms with Gasteiger partial charge in [-0.05, 0) is 75.5 Å². The first kappa shape index (κ1) is 18.9. The Morgan fingerprint density at radius 3 is 2.75 bits per heavy atom. The van der Waals surface area contributed by atoms with Crippen LogP contribution < -0.4 is 5.32 Å². The van der Waals surface area contributed by atoms with E-state index in [-0.39, 0.29) is 5.91 Å². The van der Waals surface area contributed by atoms with Gasteiger partial charge in [-0.25, -0.2) is 0 Å². The molecule has 1 aromatic heterocycles. The molecule has 1 atom stereocenters. The number of amides is 1. The Morgan fingerprint density at radius 2 is 1.96 bits per heavy atom. The molecule has 1 amide bonds. The fraction of sp³-hybridized carbons (Fsp3) is 0.478. The molecule has 1 N–H and O–H groups in total. The smallest absolute Gasteiger partial charge is 0.254 e. The number of rotatable bonds is 6. The summed E-state index contributed by atoms with van der Waals surface area (Å²) in [6.07, 6.45) is 6.63. The van der Waals surface area contributed by atoms with Crippen molar-refractivity contribution in [3.63, 3.8) is 0 Å². The number of nitrogens with zero attached hydrogens (tertiary/aromatic N) is 3. The summed E-state index contributed by atoms with van der Waals surface area (Å²) in [7, 11) is 0. The molecular weight excluding hydrogens is 348 g/mol. The van der Waals surface area contributed by atoms with Crippen LogP contribution in [0, 0.1) is 6.92 Å². The van der Waals surface area contributed by atoms with Crippen LogP contribution >= 0.6 is 0 Å². The molecule has 2 saturated heterocycles. The van der Waals surface area contributed by atoms with Gasteiger partial charge in [0.25, 0.3) is 5.91 Å². The molecule has 2 fully saturated rings. The predicted molar refractivity (Wildman–Crippen MR) is 112 cm³/mol. The summed E-state index contributed by atoms with van der Waals surface area (Å²) in [6, 6.07) is 12.3. The van der Waals surface area contributed by atoms with Crippen molar-refractivity contribution in [3.8, 4) is 0 Å². The molecular formula is C23H30N4O. The number of hydrogen-bond donors (Lipinski definition) is 1. The number of anilines is 1. The number of carbonyl (C=O) groups is 1. The van der Waals surface area contributed by atoms with Gasteiger partial charge in [-0.1, -0.05) is 12.1 Å². The van der Waals surface area contributed by atoms with E-state index in [0.29, 0.717) is 12.6 Å². The fourth-order valence-electron chi connectivity index (χ4n) is 4.46. The summed E-state index contributed by atoms with van der Waals surface area (Å²) in [4.78, 5) is 22.3. The van der Waals surface area contributed by atoms with Crippen molar-refractivity contribution in [1.82, 2.24) is 14.8 Å². The normalized spacial score (nSPS) is 19.9. The van der Waals surface area contributed by atoms with Crippen LogP contribution in [-0.4, -0.2) is 52.9 Å². The minimum absolute atomic E-state index is 0.181. The molecule has 0 unspecified atom stereocenters. The Bertz CT molecular complexity index is 802. The van der Waals surface area contributed by atoms with E-state index in [9.17, 15) is 4.79 Å². The summed E-state index contributed by atoms with van der Waals surface area (Å²) in [6.45, 7) is 6.97. The van der Waals surface area contributed by atoms with E-state index in [1.807, 2.05) is 43.3 Å². The van der Waals surface area contributed by atoms with Gasteiger partial charge in [-0.2, -0.15) is 0 Å². The van der Waals surface area contributed by atoms with E-state index in [2.05, 4.69) is 20.1 Å². The van der Waals surface area contributed by atoms with E-state index < -0.39 is 0 Å². The molecule has 0 aliphatic carbocycles. The zero-order chi connectivity index (χ0) is 19.3. The molecule has 5 heteroatoms. The van der Waals surface area contributed by atoms with Gasteiger partial charge in [0.15, 0.2) is 0 Å². The summed E-state index contributed by atoms with van der Waals surface area (Å²) in [5, 5.41) is 3.44. The molecule has 0 spiro atoms. The van der Waals surface area contributed by atoms with E-state index >= 15 is 0 Å². The molecule has 4 rings (SSSR count). The highest BCUT2D eigenvalue weighted by molar-refractivity contribution is 5.97. The third-order valence-electron chi connectivity index (χ3n) is 6.06. The molecule has 2 aliphatic rings. The molecule has 3 heterocycles. The SMILES string of the molecule is Cc1c(NCc2ccccn2)cccc1C(=O)N1CCC[C@H]1CN1CCCC1. The zero-order valence-corrected chi connectivity index (χ0v) is 16.7. The average molecular weight is 379 g/mol. The Kier molecular flexibility index (Phi) is 5.91. The number of hydrogen-bond acceptors (Lipinski definition) is 4. The monoisotopic (exact) mass is 378 g/mol. The van der Waals surface area contributed by atoms with Crippen LogP contribution in [0.5, 0.6) is 0 Å². The van der Waals surface area contributed by atoms with Gasteiger partial charge in [0, 0.05) is 36.6 Å². The van der Waals surface area contributed by atoms with Gasteiger partial charge in [0.1, 0.15) is 0 Å². The van der Waals surface area contributed by atoms with E-state index in [0.717, 1.165) is 48.4 Å². The standard InChI is InChI=1S/C23H30N4O/c1-18-21(10-6-11-22(18)25-16-19-8-2-3-12-24-19)23(28)27-15-7-9-20(27)17-26-13-4-5-14-26/h2-3,6,8,10-12,20,25H,4-5,7,9,13-17H2,1H3/t20-/m0/s1. The van der Waals surface area contributed by atoms with E-state index in [1.165, 1.54) is 25.9 Å². The van der Waals surface area contributed by atoms with Crippen LogP contribution in [0.2, 0.25) is 0 Å². The number of aromatic nitrogens is 1. The van der Waals surface area contributed by atoms with Crippen molar-refractivity contribution in [3.05, 3.63) is 59.4 Å². The number of nitrogens with one attached hydrogen (secondary N) is 1. The quantitative estimate of drug-likeness (QED) is 0.833. The topological polar surface area (TPSA) is 48.5 Å². The second kappa shape index (κ2) is 8.74. The molecule has 5 nitrogen and oxygen atoms in total. The first-order valence-electron chi connectivity index (χ1n) is 10.5. The first-order valence-corrected chi connectivity index (χ1v) is 10.5. The second-order valence-electron chi connectivity index (χ2n) is 7.96. The second-order valence-corrected chi connectivity index (χ2v) is 7.96. The highest BCUT2D eigenvalue weighted by atomic mass is 16.2. The van der Waals surface area contributed by atoms with Crippen molar-refractivity contribution < 1.29 is 4.79 Å². The van der Waals surface area contributed by atoms with Crippen molar-refractivity contribution in [2.45, 2.75) is 45.2 Å². The predicted octanol–water partition coefficient (Wildman–Crippen LogP) is 3.70.